The molecule has 1 aromatic heterocycles. The van der Waals surface area contributed by atoms with Crippen LogP contribution in [0.1, 0.15) is 25.3 Å². The summed E-state index contributed by atoms with van der Waals surface area (Å²) in [6.07, 6.45) is 3.27. The molecule has 0 radical (unpaired) electrons. The first-order valence-electron chi connectivity index (χ1n) is 7.22. The van der Waals surface area contributed by atoms with Crippen molar-refractivity contribution in [2.75, 3.05) is 7.05 Å². The second kappa shape index (κ2) is 5.78. The molecule has 0 spiro atoms. The predicted octanol–water partition coefficient (Wildman–Crippen LogP) is 3.49. The van der Waals surface area contributed by atoms with Crippen molar-refractivity contribution in [3.05, 3.63) is 47.1 Å². The Labute approximate surface area is 140 Å². The topological polar surface area (TPSA) is 68.3 Å². The molecule has 122 valence electrons. The zero-order valence-electron chi connectivity index (χ0n) is 12.8. The van der Waals surface area contributed by atoms with Crippen LogP contribution in [0, 0.1) is 0 Å². The van der Waals surface area contributed by atoms with Crippen molar-refractivity contribution in [3.8, 4) is 11.6 Å². The van der Waals surface area contributed by atoms with Crippen molar-refractivity contribution < 1.29 is 13.2 Å². The lowest BCUT2D eigenvalue weighted by Gasteiger charge is -2.16. The van der Waals surface area contributed by atoms with E-state index in [0.717, 1.165) is 18.4 Å². The highest BCUT2D eigenvalue weighted by atomic mass is 35.5. The SMILES string of the molecule is CNS(=O)(=O)c1cnc(Oc2ccc(Cl)cc2)c(C2(C)CC2)c1. The average molecular weight is 353 g/mol. The maximum Gasteiger partial charge on any atom is 0.241 e. The van der Waals surface area contributed by atoms with Gasteiger partial charge in [-0.05, 0) is 55.6 Å². The Morgan fingerprint density at radius 2 is 1.91 bits per heavy atom. The van der Waals surface area contributed by atoms with Gasteiger partial charge in [0.15, 0.2) is 0 Å². The number of pyridine rings is 1. The van der Waals surface area contributed by atoms with Crippen LogP contribution in [0.15, 0.2) is 41.4 Å². The predicted molar refractivity (Wildman–Crippen MR) is 88.6 cm³/mol. The van der Waals surface area contributed by atoms with Gasteiger partial charge in [-0.25, -0.2) is 18.1 Å². The molecule has 1 aliphatic carbocycles. The number of halogens is 1. The Kier molecular flexibility index (Phi) is 4.08. The fourth-order valence-electron chi connectivity index (χ4n) is 2.28. The van der Waals surface area contributed by atoms with E-state index in [9.17, 15) is 8.42 Å². The molecule has 0 saturated heterocycles. The van der Waals surface area contributed by atoms with Crippen LogP contribution < -0.4 is 9.46 Å². The van der Waals surface area contributed by atoms with Crippen LogP contribution in [-0.4, -0.2) is 20.4 Å². The molecule has 7 heteroatoms. The van der Waals surface area contributed by atoms with Crippen molar-refractivity contribution in [3.63, 3.8) is 0 Å². The molecule has 1 fully saturated rings. The lowest BCUT2D eigenvalue weighted by molar-refractivity contribution is 0.448. The van der Waals surface area contributed by atoms with Gasteiger partial charge in [-0.1, -0.05) is 18.5 Å². The van der Waals surface area contributed by atoms with Crippen LogP contribution in [0.5, 0.6) is 11.6 Å². The number of aromatic nitrogens is 1. The molecule has 2 aromatic rings. The molecular weight excluding hydrogens is 336 g/mol. The van der Waals surface area contributed by atoms with Gasteiger partial charge in [0, 0.05) is 10.6 Å². The van der Waals surface area contributed by atoms with Crippen LogP contribution in [0.25, 0.3) is 0 Å². The highest BCUT2D eigenvalue weighted by molar-refractivity contribution is 7.89. The summed E-state index contributed by atoms with van der Waals surface area (Å²) in [4.78, 5) is 4.39. The summed E-state index contributed by atoms with van der Waals surface area (Å²) < 4.78 is 32.2. The van der Waals surface area contributed by atoms with Gasteiger partial charge in [0.05, 0.1) is 6.20 Å². The van der Waals surface area contributed by atoms with E-state index in [-0.39, 0.29) is 10.3 Å². The smallest absolute Gasteiger partial charge is 0.241 e. The van der Waals surface area contributed by atoms with Gasteiger partial charge < -0.3 is 4.74 Å². The number of benzene rings is 1. The van der Waals surface area contributed by atoms with Crippen molar-refractivity contribution >= 4 is 21.6 Å². The molecule has 1 aliphatic rings. The molecule has 0 unspecified atom stereocenters. The van der Waals surface area contributed by atoms with E-state index < -0.39 is 10.0 Å². The zero-order chi connectivity index (χ0) is 16.7. The maximum atomic E-state index is 12.0. The highest BCUT2D eigenvalue weighted by Crippen LogP contribution is 2.51. The summed E-state index contributed by atoms with van der Waals surface area (Å²) >= 11 is 5.87. The fourth-order valence-corrected chi connectivity index (χ4v) is 3.11. The average Bonchev–Trinajstić information content (AvgIpc) is 3.28. The highest BCUT2D eigenvalue weighted by Gasteiger charge is 2.42. The van der Waals surface area contributed by atoms with Gasteiger partial charge >= 0.3 is 0 Å². The van der Waals surface area contributed by atoms with Gasteiger partial charge in [-0.15, -0.1) is 0 Å². The Bertz CT molecular complexity index is 831. The van der Waals surface area contributed by atoms with Crippen LogP contribution in [0.4, 0.5) is 0 Å². The first kappa shape index (κ1) is 16.2. The van der Waals surface area contributed by atoms with Gasteiger partial charge in [0.2, 0.25) is 15.9 Å². The number of nitrogens with one attached hydrogen (secondary N) is 1. The molecule has 5 nitrogen and oxygen atoms in total. The summed E-state index contributed by atoms with van der Waals surface area (Å²) in [5, 5.41) is 0.621. The van der Waals surface area contributed by atoms with Crippen LogP contribution >= 0.6 is 11.6 Å². The molecule has 0 aliphatic heterocycles. The zero-order valence-corrected chi connectivity index (χ0v) is 14.4. The maximum absolute atomic E-state index is 12.0. The van der Waals surface area contributed by atoms with Gasteiger partial charge in [0.1, 0.15) is 10.6 Å². The largest absolute Gasteiger partial charge is 0.439 e. The van der Waals surface area contributed by atoms with Crippen molar-refractivity contribution in [1.82, 2.24) is 9.71 Å². The van der Waals surface area contributed by atoms with Crippen molar-refractivity contribution in [2.24, 2.45) is 0 Å². The number of nitrogens with zero attached hydrogens (tertiary/aromatic N) is 1. The summed E-state index contributed by atoms with van der Waals surface area (Å²) in [5.41, 5.74) is 0.720. The number of hydrogen-bond acceptors (Lipinski definition) is 4. The number of hydrogen-bond donors (Lipinski definition) is 1. The number of ether oxygens (including phenoxy) is 1. The summed E-state index contributed by atoms with van der Waals surface area (Å²) in [6, 6.07) is 8.62. The molecular formula is C16H17ClN2O3S. The quantitative estimate of drug-likeness (QED) is 0.894. The Hall–Kier alpha value is -1.63. The normalized spacial score (nSPS) is 16.1. The van der Waals surface area contributed by atoms with Gasteiger partial charge in [-0.3, -0.25) is 0 Å². The van der Waals surface area contributed by atoms with E-state index in [2.05, 4.69) is 16.6 Å². The van der Waals surface area contributed by atoms with E-state index in [4.69, 9.17) is 16.3 Å². The summed E-state index contributed by atoms with van der Waals surface area (Å²) in [7, 11) is -2.15. The molecule has 1 heterocycles. The van der Waals surface area contributed by atoms with E-state index >= 15 is 0 Å². The monoisotopic (exact) mass is 352 g/mol. The summed E-state index contributed by atoms with van der Waals surface area (Å²) in [6.45, 7) is 2.08. The molecule has 0 atom stereocenters. The molecule has 1 saturated carbocycles. The molecule has 0 amide bonds. The minimum Gasteiger partial charge on any atom is -0.439 e. The first-order valence-corrected chi connectivity index (χ1v) is 9.08. The third-order valence-corrected chi connectivity index (χ3v) is 5.72. The molecule has 23 heavy (non-hydrogen) atoms. The van der Waals surface area contributed by atoms with E-state index in [0.29, 0.717) is 16.7 Å². The number of sulfonamides is 1. The fraction of sp³-hybridized carbons (Fsp3) is 0.312. The number of rotatable bonds is 5. The van der Waals surface area contributed by atoms with E-state index in [1.807, 2.05) is 0 Å². The second-order valence-corrected chi connectivity index (χ2v) is 8.17. The minimum absolute atomic E-state index is 0.0893. The van der Waals surface area contributed by atoms with Crippen molar-refractivity contribution in [1.29, 1.82) is 0 Å². The lowest BCUT2D eigenvalue weighted by atomic mass is 10.00. The molecule has 1 aromatic carbocycles. The van der Waals surface area contributed by atoms with Crippen LogP contribution in [-0.2, 0) is 15.4 Å². The van der Waals surface area contributed by atoms with E-state index in [1.54, 1.807) is 30.3 Å². The van der Waals surface area contributed by atoms with Crippen LogP contribution in [0.3, 0.4) is 0 Å². The second-order valence-electron chi connectivity index (χ2n) is 5.85. The third-order valence-electron chi connectivity index (χ3n) is 4.08. The third kappa shape index (κ3) is 3.34. The molecule has 3 rings (SSSR count). The summed E-state index contributed by atoms with van der Waals surface area (Å²) in [5.74, 6) is 1.04. The molecule has 1 N–H and O–H groups in total. The Morgan fingerprint density at radius 1 is 1.26 bits per heavy atom. The minimum atomic E-state index is -3.53. The standard InChI is InChI=1S/C16H17ClN2O3S/c1-16(7-8-16)14-9-13(23(20,21)18-2)10-19-15(14)22-12-5-3-11(17)4-6-12/h3-6,9-10,18H,7-8H2,1-2H3. The van der Waals surface area contributed by atoms with Gasteiger partial charge in [0.25, 0.3) is 0 Å². The van der Waals surface area contributed by atoms with Crippen molar-refractivity contribution in [2.45, 2.75) is 30.1 Å². The van der Waals surface area contributed by atoms with Gasteiger partial charge in [-0.2, -0.15) is 0 Å². The first-order chi connectivity index (χ1) is 10.8. The lowest BCUT2D eigenvalue weighted by Crippen LogP contribution is -2.19. The Morgan fingerprint density at radius 3 is 2.48 bits per heavy atom. The van der Waals surface area contributed by atoms with Crippen LogP contribution in [0.2, 0.25) is 5.02 Å². The van der Waals surface area contributed by atoms with E-state index in [1.165, 1.54) is 13.2 Å². The Balaban J connectivity index is 2.01. The molecule has 0 bridgehead atoms.